The summed E-state index contributed by atoms with van der Waals surface area (Å²) in [5.41, 5.74) is 5.79. The third-order valence-corrected chi connectivity index (χ3v) is 9.98. The van der Waals surface area contributed by atoms with E-state index in [0.717, 1.165) is 59.8 Å². The first-order chi connectivity index (χ1) is 24.3. The van der Waals surface area contributed by atoms with Crippen molar-refractivity contribution in [3.63, 3.8) is 0 Å². The number of nitrogens with zero attached hydrogens (tertiary/aromatic N) is 3. The van der Waals surface area contributed by atoms with Gasteiger partial charge in [-0.2, -0.15) is 0 Å². The molecule has 0 bridgehead atoms. The standard InChI is InChI=1S/C39H40N6O5/c1-44-18-8-13-32(44)31-20-26-22-40-35(21-30(26)41-31)42-37(47)28-15-14-24(19-34(28)50-2)9-5-3-4-6-10-25-11-7-12-27-29(25)23-45(39(27)49)33-16-17-36(46)43-38(33)48/h7,11-12,14-15,19-22,32-33,41H,3-5,8-9,13,16-18,23H2,1-2H3,(H,40,42,47)(H,43,46,48)/t32-,33?/m1/s1. The number of hydrogen-bond donors (Lipinski definition) is 3. The molecule has 4 amide bonds. The van der Waals surface area contributed by atoms with Gasteiger partial charge in [-0.25, -0.2) is 4.98 Å². The summed E-state index contributed by atoms with van der Waals surface area (Å²) in [6.07, 6.45) is 7.91. The molecule has 2 fully saturated rings. The minimum Gasteiger partial charge on any atom is -0.496 e. The van der Waals surface area contributed by atoms with Crippen LogP contribution in [0.2, 0.25) is 0 Å². The zero-order valence-corrected chi connectivity index (χ0v) is 28.3. The van der Waals surface area contributed by atoms with Crippen LogP contribution in [0.25, 0.3) is 10.9 Å². The zero-order valence-electron chi connectivity index (χ0n) is 28.3. The van der Waals surface area contributed by atoms with E-state index in [9.17, 15) is 19.2 Å². The molecule has 50 heavy (non-hydrogen) atoms. The van der Waals surface area contributed by atoms with Crippen LogP contribution in [0.5, 0.6) is 5.75 Å². The van der Waals surface area contributed by atoms with E-state index in [2.05, 4.69) is 50.5 Å². The van der Waals surface area contributed by atoms with Crippen LogP contribution in [0.15, 0.2) is 54.7 Å². The fourth-order valence-corrected chi connectivity index (χ4v) is 7.26. The number of hydrogen-bond acceptors (Lipinski definition) is 7. The number of aryl methyl sites for hydroxylation is 1. The number of carbonyl (C=O) groups excluding carboxylic acids is 4. The number of ether oxygens (including phenoxy) is 1. The summed E-state index contributed by atoms with van der Waals surface area (Å²) >= 11 is 0. The summed E-state index contributed by atoms with van der Waals surface area (Å²) in [6.45, 7) is 1.39. The van der Waals surface area contributed by atoms with Crippen molar-refractivity contribution >= 4 is 40.3 Å². The zero-order chi connectivity index (χ0) is 34.8. The second-order valence-corrected chi connectivity index (χ2v) is 13.2. The maximum absolute atomic E-state index is 13.2. The molecule has 2 aromatic heterocycles. The maximum atomic E-state index is 13.2. The van der Waals surface area contributed by atoms with Crippen LogP contribution in [0.3, 0.4) is 0 Å². The molecule has 0 radical (unpaired) electrons. The quantitative estimate of drug-likeness (QED) is 0.128. The average Bonchev–Trinajstić information content (AvgIpc) is 3.82. The number of benzene rings is 2. The Morgan fingerprint density at radius 1 is 1.08 bits per heavy atom. The fraction of sp³-hybridized carbons (Fsp3) is 0.359. The Morgan fingerprint density at radius 3 is 2.76 bits per heavy atom. The molecule has 0 aliphatic carbocycles. The van der Waals surface area contributed by atoms with E-state index in [1.807, 2.05) is 30.3 Å². The molecule has 3 aliphatic rings. The first-order valence-corrected chi connectivity index (χ1v) is 17.2. The number of aromatic nitrogens is 2. The summed E-state index contributed by atoms with van der Waals surface area (Å²) in [5, 5.41) is 6.28. The van der Waals surface area contributed by atoms with E-state index in [4.69, 9.17) is 4.74 Å². The van der Waals surface area contributed by atoms with Gasteiger partial charge in [0, 0.05) is 59.9 Å². The number of amides is 4. The van der Waals surface area contributed by atoms with Crippen LogP contribution in [-0.2, 0) is 22.6 Å². The lowest BCUT2D eigenvalue weighted by Gasteiger charge is -2.29. The third-order valence-electron chi connectivity index (χ3n) is 9.98. The van der Waals surface area contributed by atoms with Crippen molar-refractivity contribution in [2.75, 3.05) is 26.0 Å². The van der Waals surface area contributed by atoms with E-state index in [1.165, 1.54) is 12.1 Å². The van der Waals surface area contributed by atoms with E-state index in [0.29, 0.717) is 48.1 Å². The van der Waals surface area contributed by atoms with Crippen molar-refractivity contribution in [1.82, 2.24) is 25.1 Å². The predicted octanol–water partition coefficient (Wildman–Crippen LogP) is 5.12. The molecule has 2 saturated heterocycles. The molecular formula is C39H40N6O5. The molecule has 5 heterocycles. The number of fused-ring (bicyclic) bond motifs is 2. The van der Waals surface area contributed by atoms with Crippen molar-refractivity contribution in [2.24, 2.45) is 0 Å². The van der Waals surface area contributed by atoms with Crippen LogP contribution < -0.4 is 15.4 Å². The molecule has 7 rings (SSSR count). The minimum atomic E-state index is -0.648. The molecule has 11 heteroatoms. The van der Waals surface area contributed by atoms with Gasteiger partial charge in [0.2, 0.25) is 11.8 Å². The Bertz CT molecular complexity index is 2060. The van der Waals surface area contributed by atoms with E-state index in [-0.39, 0.29) is 24.1 Å². The number of carbonyl (C=O) groups is 4. The Balaban J connectivity index is 0.923. The maximum Gasteiger partial charge on any atom is 0.260 e. The van der Waals surface area contributed by atoms with Gasteiger partial charge in [0.1, 0.15) is 17.6 Å². The molecule has 1 unspecified atom stereocenters. The molecule has 256 valence electrons. The Hall–Kier alpha value is -5.47. The lowest BCUT2D eigenvalue weighted by molar-refractivity contribution is -0.136. The van der Waals surface area contributed by atoms with Gasteiger partial charge in [0.05, 0.1) is 18.2 Å². The van der Waals surface area contributed by atoms with Crippen LogP contribution in [0.1, 0.15) is 94.1 Å². The van der Waals surface area contributed by atoms with Crippen LogP contribution in [0.4, 0.5) is 5.82 Å². The van der Waals surface area contributed by atoms with Crippen molar-refractivity contribution in [1.29, 1.82) is 0 Å². The Kier molecular flexibility index (Phi) is 9.37. The smallest absolute Gasteiger partial charge is 0.260 e. The van der Waals surface area contributed by atoms with Gasteiger partial charge >= 0.3 is 0 Å². The highest BCUT2D eigenvalue weighted by Crippen LogP contribution is 2.33. The van der Waals surface area contributed by atoms with Gasteiger partial charge in [-0.15, -0.1) is 0 Å². The molecule has 2 aromatic carbocycles. The number of piperidine rings is 1. The van der Waals surface area contributed by atoms with Gasteiger partial charge in [0.15, 0.2) is 0 Å². The normalized spacial score (nSPS) is 18.9. The minimum absolute atomic E-state index is 0.201. The molecule has 0 saturated carbocycles. The highest BCUT2D eigenvalue weighted by molar-refractivity contribution is 6.07. The van der Waals surface area contributed by atoms with E-state index < -0.39 is 11.9 Å². The largest absolute Gasteiger partial charge is 0.496 e. The topological polar surface area (TPSA) is 137 Å². The fourth-order valence-electron chi connectivity index (χ4n) is 7.26. The summed E-state index contributed by atoms with van der Waals surface area (Å²) in [6, 6.07) is 14.9. The first-order valence-electron chi connectivity index (χ1n) is 17.2. The van der Waals surface area contributed by atoms with Gasteiger partial charge in [-0.1, -0.05) is 24.0 Å². The Labute approximate surface area is 290 Å². The lowest BCUT2D eigenvalue weighted by atomic mass is 10.0. The molecule has 4 aromatic rings. The highest BCUT2D eigenvalue weighted by atomic mass is 16.5. The number of imide groups is 1. The van der Waals surface area contributed by atoms with Crippen LogP contribution in [-0.4, -0.2) is 70.1 Å². The number of anilines is 1. The second-order valence-electron chi connectivity index (χ2n) is 13.2. The van der Waals surface area contributed by atoms with Gasteiger partial charge < -0.3 is 19.9 Å². The summed E-state index contributed by atoms with van der Waals surface area (Å²) < 4.78 is 5.60. The monoisotopic (exact) mass is 672 g/mol. The average molecular weight is 673 g/mol. The molecule has 11 nitrogen and oxygen atoms in total. The van der Waals surface area contributed by atoms with Crippen molar-refractivity contribution in [3.8, 4) is 17.6 Å². The third kappa shape index (κ3) is 6.71. The van der Waals surface area contributed by atoms with E-state index >= 15 is 0 Å². The molecular weight excluding hydrogens is 632 g/mol. The number of pyridine rings is 1. The highest BCUT2D eigenvalue weighted by Gasteiger charge is 2.39. The van der Waals surface area contributed by atoms with E-state index in [1.54, 1.807) is 30.3 Å². The number of unbranched alkanes of at least 4 members (excludes halogenated alkanes) is 2. The SMILES string of the molecule is COc1cc(CCCCC#Cc2cccc3c2CN(C2CCC(=O)NC2=O)C3=O)ccc1C(=O)Nc1cc2[nH]c([C@H]3CCCN3C)cc2cn1. The number of nitrogens with one attached hydrogen (secondary N) is 3. The van der Waals surface area contributed by atoms with Crippen molar-refractivity contribution < 1.29 is 23.9 Å². The molecule has 3 aliphatic heterocycles. The molecule has 0 spiro atoms. The summed E-state index contributed by atoms with van der Waals surface area (Å²) in [4.78, 5) is 62.2. The first kappa shape index (κ1) is 33.0. The Morgan fingerprint density at radius 2 is 1.96 bits per heavy atom. The number of methoxy groups -OCH3 is 1. The van der Waals surface area contributed by atoms with Gasteiger partial charge in [-0.05, 0) is 93.6 Å². The summed E-state index contributed by atoms with van der Waals surface area (Å²) in [7, 11) is 3.71. The van der Waals surface area contributed by atoms with Gasteiger partial charge in [-0.3, -0.25) is 29.4 Å². The van der Waals surface area contributed by atoms with Crippen molar-refractivity contribution in [3.05, 3.63) is 88.2 Å². The molecule has 3 N–H and O–H groups in total. The molecule has 2 atom stereocenters. The summed E-state index contributed by atoms with van der Waals surface area (Å²) in [5.74, 6) is 6.25. The lowest BCUT2D eigenvalue weighted by Crippen LogP contribution is -2.52. The predicted molar refractivity (Wildman–Crippen MR) is 189 cm³/mol. The number of rotatable bonds is 9. The van der Waals surface area contributed by atoms with Gasteiger partial charge in [0.25, 0.3) is 11.8 Å². The number of H-pyrrole nitrogens is 1. The number of likely N-dealkylation sites (tertiary alicyclic amines) is 1. The van der Waals surface area contributed by atoms with Crippen molar-refractivity contribution in [2.45, 2.75) is 70.0 Å². The van der Waals surface area contributed by atoms with Crippen LogP contribution >= 0.6 is 0 Å². The number of aromatic amines is 1. The second kappa shape index (κ2) is 14.2. The van der Waals surface area contributed by atoms with Crippen LogP contribution in [0, 0.1) is 11.8 Å².